The number of ether oxygens (including phenoxy) is 1. The monoisotopic (exact) mass is 457 g/mol. The normalized spacial score (nSPS) is 12.5. The number of nitrogens with one attached hydrogen (secondary N) is 2. The highest BCUT2D eigenvalue weighted by molar-refractivity contribution is 7.71. The fourth-order valence-electron chi connectivity index (χ4n) is 4.31. The maximum atomic E-state index is 13.1. The molecule has 1 aliphatic carbocycles. The fraction of sp³-hybridized carbons (Fsp3) is 0.192. The van der Waals surface area contributed by atoms with Gasteiger partial charge in [-0.2, -0.15) is 0 Å². The standard InChI is InChI=1S/C26H23N3O3S/c1-32-21-10-5-16(6-11-21)15-29-25(31)22-12-8-19(14-23(22)28-26(29)33)24(30)27-20-9-7-17-3-2-4-18(17)13-20/h5-14H,2-4,15H2,1H3,(H,27,30)(H,28,33). The molecule has 0 atom stereocenters. The number of hydrogen-bond acceptors (Lipinski definition) is 4. The van der Waals surface area contributed by atoms with Crippen molar-refractivity contribution in [2.24, 2.45) is 0 Å². The summed E-state index contributed by atoms with van der Waals surface area (Å²) >= 11 is 5.46. The Kier molecular flexibility index (Phi) is 5.56. The number of benzene rings is 3. The van der Waals surface area contributed by atoms with Gasteiger partial charge in [-0.15, -0.1) is 0 Å². The van der Waals surface area contributed by atoms with Crippen LogP contribution in [0.3, 0.4) is 0 Å². The van der Waals surface area contributed by atoms with Crippen molar-refractivity contribution in [3.8, 4) is 5.75 Å². The number of carbonyl (C=O) groups excluding carboxylic acids is 1. The van der Waals surface area contributed by atoms with E-state index < -0.39 is 0 Å². The van der Waals surface area contributed by atoms with Gasteiger partial charge in [-0.3, -0.25) is 14.2 Å². The first-order valence-corrected chi connectivity index (χ1v) is 11.3. The number of methoxy groups -OCH3 is 1. The van der Waals surface area contributed by atoms with Crippen LogP contribution in [0, 0.1) is 4.77 Å². The summed E-state index contributed by atoms with van der Waals surface area (Å²) < 4.78 is 7.01. The second-order valence-electron chi connectivity index (χ2n) is 8.22. The highest BCUT2D eigenvalue weighted by atomic mass is 32.1. The molecule has 0 fully saturated rings. The number of carbonyl (C=O) groups is 1. The molecule has 0 unspecified atom stereocenters. The van der Waals surface area contributed by atoms with Gasteiger partial charge in [0, 0.05) is 11.3 Å². The van der Waals surface area contributed by atoms with Crippen molar-refractivity contribution in [3.63, 3.8) is 0 Å². The molecule has 0 saturated carbocycles. The van der Waals surface area contributed by atoms with Gasteiger partial charge in [0.2, 0.25) is 0 Å². The Morgan fingerprint density at radius 2 is 1.85 bits per heavy atom. The van der Waals surface area contributed by atoms with Crippen molar-refractivity contribution in [1.82, 2.24) is 9.55 Å². The maximum Gasteiger partial charge on any atom is 0.262 e. The van der Waals surface area contributed by atoms with Crippen LogP contribution in [0.4, 0.5) is 5.69 Å². The lowest BCUT2D eigenvalue weighted by molar-refractivity contribution is 0.102. The third kappa shape index (κ3) is 4.19. The molecular weight excluding hydrogens is 434 g/mol. The number of nitrogens with zero attached hydrogens (tertiary/aromatic N) is 1. The quantitative estimate of drug-likeness (QED) is 0.420. The van der Waals surface area contributed by atoms with Gasteiger partial charge in [-0.25, -0.2) is 0 Å². The molecule has 33 heavy (non-hydrogen) atoms. The van der Waals surface area contributed by atoms with E-state index in [2.05, 4.69) is 16.4 Å². The third-order valence-corrected chi connectivity index (χ3v) is 6.42. The summed E-state index contributed by atoms with van der Waals surface area (Å²) in [4.78, 5) is 29.1. The molecular formula is C26H23N3O3S. The molecule has 2 N–H and O–H groups in total. The number of aromatic amines is 1. The van der Waals surface area contributed by atoms with Gasteiger partial charge in [0.05, 0.1) is 24.6 Å². The van der Waals surface area contributed by atoms with E-state index in [0.29, 0.717) is 27.8 Å². The lowest BCUT2D eigenvalue weighted by atomic mass is 10.1. The summed E-state index contributed by atoms with van der Waals surface area (Å²) in [5.41, 5.74) is 5.17. The average molecular weight is 458 g/mol. The minimum absolute atomic E-state index is 0.199. The summed E-state index contributed by atoms with van der Waals surface area (Å²) in [6, 6.07) is 18.6. The van der Waals surface area contributed by atoms with Crippen LogP contribution in [0.25, 0.3) is 10.9 Å². The third-order valence-electron chi connectivity index (χ3n) is 6.10. The predicted octanol–water partition coefficient (Wildman–Crippen LogP) is 4.86. The number of aromatic nitrogens is 2. The van der Waals surface area contributed by atoms with E-state index in [1.807, 2.05) is 36.4 Å². The highest BCUT2D eigenvalue weighted by Crippen LogP contribution is 2.25. The average Bonchev–Trinajstić information content (AvgIpc) is 3.29. The SMILES string of the molecule is COc1ccc(Cn2c(=S)[nH]c3cc(C(=O)Nc4ccc5c(c4)CCC5)ccc3c2=O)cc1. The summed E-state index contributed by atoms with van der Waals surface area (Å²) in [5.74, 6) is 0.525. The van der Waals surface area contributed by atoms with Crippen LogP contribution in [-0.2, 0) is 19.4 Å². The largest absolute Gasteiger partial charge is 0.497 e. The van der Waals surface area contributed by atoms with E-state index in [0.717, 1.165) is 36.3 Å². The van der Waals surface area contributed by atoms with Crippen LogP contribution in [0.15, 0.2) is 65.5 Å². The van der Waals surface area contributed by atoms with Crippen molar-refractivity contribution in [2.75, 3.05) is 12.4 Å². The van der Waals surface area contributed by atoms with Crippen LogP contribution in [-0.4, -0.2) is 22.6 Å². The van der Waals surface area contributed by atoms with E-state index in [-0.39, 0.29) is 11.5 Å². The number of hydrogen-bond donors (Lipinski definition) is 2. The molecule has 3 aromatic carbocycles. The zero-order valence-corrected chi connectivity index (χ0v) is 19.0. The zero-order chi connectivity index (χ0) is 22.9. The molecule has 1 aromatic heterocycles. The Bertz CT molecular complexity index is 1490. The van der Waals surface area contributed by atoms with Crippen molar-refractivity contribution in [3.05, 3.63) is 98.0 Å². The number of amides is 1. The Labute approximate surface area is 195 Å². The first-order valence-electron chi connectivity index (χ1n) is 10.8. The van der Waals surface area contributed by atoms with Crippen LogP contribution in [0.5, 0.6) is 5.75 Å². The zero-order valence-electron chi connectivity index (χ0n) is 18.2. The van der Waals surface area contributed by atoms with Crippen molar-refractivity contribution >= 4 is 34.7 Å². The minimum atomic E-state index is -0.225. The van der Waals surface area contributed by atoms with Crippen molar-refractivity contribution in [1.29, 1.82) is 0 Å². The van der Waals surface area contributed by atoms with E-state index in [1.165, 1.54) is 15.7 Å². The van der Waals surface area contributed by atoms with E-state index in [1.54, 1.807) is 25.3 Å². The Hall–Kier alpha value is -3.71. The molecule has 0 radical (unpaired) electrons. The van der Waals surface area contributed by atoms with Gasteiger partial charge < -0.3 is 15.0 Å². The molecule has 1 aliphatic rings. The van der Waals surface area contributed by atoms with E-state index in [4.69, 9.17) is 17.0 Å². The molecule has 6 nitrogen and oxygen atoms in total. The molecule has 0 bridgehead atoms. The van der Waals surface area contributed by atoms with Crippen LogP contribution < -0.4 is 15.6 Å². The lowest BCUT2D eigenvalue weighted by Crippen LogP contribution is -2.23. The van der Waals surface area contributed by atoms with Gasteiger partial charge in [-0.05, 0) is 90.6 Å². The van der Waals surface area contributed by atoms with Crippen LogP contribution in [0.1, 0.15) is 33.5 Å². The molecule has 7 heteroatoms. The molecule has 0 spiro atoms. The molecule has 4 aromatic rings. The van der Waals surface area contributed by atoms with Crippen molar-refractivity contribution in [2.45, 2.75) is 25.8 Å². The molecule has 0 aliphatic heterocycles. The van der Waals surface area contributed by atoms with Gasteiger partial charge >= 0.3 is 0 Å². The highest BCUT2D eigenvalue weighted by Gasteiger charge is 2.14. The molecule has 5 rings (SSSR count). The molecule has 166 valence electrons. The smallest absolute Gasteiger partial charge is 0.262 e. The predicted molar refractivity (Wildman–Crippen MR) is 132 cm³/mol. The Morgan fingerprint density at radius 1 is 1.06 bits per heavy atom. The van der Waals surface area contributed by atoms with Crippen LogP contribution >= 0.6 is 12.2 Å². The van der Waals surface area contributed by atoms with E-state index in [9.17, 15) is 9.59 Å². The lowest BCUT2D eigenvalue weighted by Gasteiger charge is -2.11. The van der Waals surface area contributed by atoms with Gasteiger partial charge in [0.1, 0.15) is 5.75 Å². The number of fused-ring (bicyclic) bond motifs is 2. The fourth-order valence-corrected chi connectivity index (χ4v) is 4.56. The first-order chi connectivity index (χ1) is 16.0. The summed E-state index contributed by atoms with van der Waals surface area (Å²) in [7, 11) is 1.61. The molecule has 0 saturated heterocycles. The number of anilines is 1. The van der Waals surface area contributed by atoms with Gasteiger partial charge in [-0.1, -0.05) is 18.2 Å². The van der Waals surface area contributed by atoms with E-state index >= 15 is 0 Å². The number of aryl methyl sites for hydroxylation is 2. The Balaban J connectivity index is 1.42. The maximum absolute atomic E-state index is 13.1. The van der Waals surface area contributed by atoms with Crippen molar-refractivity contribution < 1.29 is 9.53 Å². The summed E-state index contributed by atoms with van der Waals surface area (Å²) in [5, 5.41) is 3.44. The number of rotatable bonds is 5. The summed E-state index contributed by atoms with van der Waals surface area (Å²) in [6.07, 6.45) is 3.31. The topological polar surface area (TPSA) is 76.1 Å². The minimum Gasteiger partial charge on any atom is -0.497 e. The first kappa shape index (κ1) is 21.2. The molecule has 1 amide bonds. The molecule has 1 heterocycles. The second-order valence-corrected chi connectivity index (χ2v) is 8.61. The number of H-pyrrole nitrogens is 1. The van der Waals surface area contributed by atoms with Gasteiger partial charge in [0.25, 0.3) is 11.5 Å². The second kappa shape index (κ2) is 8.67. The van der Waals surface area contributed by atoms with Crippen LogP contribution in [0.2, 0.25) is 0 Å². The summed E-state index contributed by atoms with van der Waals surface area (Å²) in [6.45, 7) is 0.342. The Morgan fingerprint density at radius 3 is 2.64 bits per heavy atom. The van der Waals surface area contributed by atoms with Gasteiger partial charge in [0.15, 0.2) is 4.77 Å².